The molecule has 0 unspecified atom stereocenters. The molecule has 6 nitrogen and oxygen atoms in total. The van der Waals surface area contributed by atoms with Crippen LogP contribution in [-0.2, 0) is 13.0 Å². The molecule has 0 fully saturated rings. The molecule has 0 aliphatic carbocycles. The van der Waals surface area contributed by atoms with Crippen molar-refractivity contribution in [1.29, 1.82) is 0 Å². The van der Waals surface area contributed by atoms with Gasteiger partial charge < -0.3 is 15.6 Å². The summed E-state index contributed by atoms with van der Waals surface area (Å²) in [6, 6.07) is 8.38. The molecule has 3 rings (SSSR count). The topological polar surface area (TPSA) is 70.0 Å². The number of para-hydroxylation sites is 1. The van der Waals surface area contributed by atoms with E-state index in [1.54, 1.807) is 0 Å². The molecule has 2 heterocycles. The summed E-state index contributed by atoms with van der Waals surface area (Å²) in [6.45, 7) is 7.33. The van der Waals surface area contributed by atoms with Gasteiger partial charge in [0.25, 0.3) is 0 Å². The van der Waals surface area contributed by atoms with E-state index < -0.39 is 0 Å². The minimum Gasteiger partial charge on any atom is -0.361 e. The van der Waals surface area contributed by atoms with Crippen molar-refractivity contribution in [3.63, 3.8) is 0 Å². The van der Waals surface area contributed by atoms with Gasteiger partial charge in [0.05, 0.1) is 12.7 Å². The highest BCUT2D eigenvalue weighted by Gasteiger charge is 2.03. The maximum atomic E-state index is 4.68. The van der Waals surface area contributed by atoms with Crippen LogP contribution in [0.15, 0.2) is 47.8 Å². The predicted octanol–water partition coefficient (Wildman–Crippen LogP) is 2.47. The fourth-order valence-electron chi connectivity index (χ4n) is 2.85. The van der Waals surface area contributed by atoms with E-state index in [0.29, 0.717) is 0 Å². The number of nitrogens with one attached hydrogen (secondary N) is 3. The number of rotatable bonds is 7. The van der Waals surface area contributed by atoms with Crippen LogP contribution in [0.1, 0.15) is 18.1 Å². The zero-order chi connectivity index (χ0) is 17.5. The number of nitrogens with zero attached hydrogens (tertiary/aromatic N) is 3. The number of hydrogen-bond donors (Lipinski definition) is 3. The molecule has 0 atom stereocenters. The molecule has 0 aliphatic rings. The fourth-order valence-corrected chi connectivity index (χ4v) is 2.85. The Morgan fingerprint density at radius 2 is 2.16 bits per heavy atom. The van der Waals surface area contributed by atoms with Gasteiger partial charge in [0.1, 0.15) is 0 Å². The Morgan fingerprint density at radius 1 is 1.28 bits per heavy atom. The summed E-state index contributed by atoms with van der Waals surface area (Å²) in [5, 5.41) is 12.2. The predicted molar refractivity (Wildman–Crippen MR) is 103 cm³/mol. The van der Waals surface area contributed by atoms with E-state index in [1.165, 1.54) is 22.0 Å². The van der Waals surface area contributed by atoms with Crippen molar-refractivity contribution in [3.05, 3.63) is 54.0 Å². The molecular formula is C19H26N6. The van der Waals surface area contributed by atoms with Gasteiger partial charge in [-0.05, 0) is 37.5 Å². The number of aliphatic imine (C=N–C) groups is 1. The molecule has 0 aliphatic heterocycles. The van der Waals surface area contributed by atoms with Crippen LogP contribution in [0.4, 0.5) is 0 Å². The number of aromatic nitrogens is 3. The molecule has 25 heavy (non-hydrogen) atoms. The van der Waals surface area contributed by atoms with Gasteiger partial charge in [-0.25, -0.2) is 0 Å². The Balaban J connectivity index is 1.52. The fraction of sp³-hybridized carbons (Fsp3) is 0.368. The highest BCUT2D eigenvalue weighted by Crippen LogP contribution is 2.17. The van der Waals surface area contributed by atoms with E-state index in [-0.39, 0.29) is 0 Å². The van der Waals surface area contributed by atoms with Crippen molar-refractivity contribution in [2.75, 3.05) is 19.6 Å². The average Bonchev–Trinajstić information content (AvgIpc) is 3.21. The number of aromatic amines is 1. The molecule has 2 aromatic heterocycles. The first-order valence-corrected chi connectivity index (χ1v) is 8.82. The molecule has 0 saturated carbocycles. The molecule has 6 heteroatoms. The maximum Gasteiger partial charge on any atom is 0.191 e. The van der Waals surface area contributed by atoms with Crippen LogP contribution < -0.4 is 10.6 Å². The standard InChI is InChI=1S/C19H26N6/c1-3-20-19(22-10-11-25-14-15(2)12-24-25)21-9-8-16-13-23-18-7-5-4-6-17(16)18/h4-7,12-14,23H,3,8-11H2,1-2H3,(H2,20,21,22). The summed E-state index contributed by atoms with van der Waals surface area (Å²) in [6.07, 6.45) is 6.92. The highest BCUT2D eigenvalue weighted by molar-refractivity contribution is 5.83. The molecule has 0 saturated heterocycles. The van der Waals surface area contributed by atoms with Crippen molar-refractivity contribution in [1.82, 2.24) is 25.4 Å². The van der Waals surface area contributed by atoms with Crippen molar-refractivity contribution in [2.45, 2.75) is 26.8 Å². The third-order valence-corrected chi connectivity index (χ3v) is 4.07. The summed E-state index contributed by atoms with van der Waals surface area (Å²) < 4.78 is 1.94. The van der Waals surface area contributed by atoms with Gasteiger partial charge in [-0.1, -0.05) is 18.2 Å². The average molecular weight is 338 g/mol. The quantitative estimate of drug-likeness (QED) is 0.458. The van der Waals surface area contributed by atoms with Crippen LogP contribution in [0.2, 0.25) is 0 Å². The minimum atomic E-state index is 0.748. The number of aryl methyl sites for hydroxylation is 1. The van der Waals surface area contributed by atoms with Crippen molar-refractivity contribution >= 4 is 16.9 Å². The normalized spacial score (nSPS) is 11.8. The van der Waals surface area contributed by atoms with Gasteiger partial charge in [-0.3, -0.25) is 9.67 Å². The Kier molecular flexibility index (Phi) is 5.72. The molecule has 0 radical (unpaired) electrons. The van der Waals surface area contributed by atoms with Gasteiger partial charge in [0.15, 0.2) is 5.96 Å². The molecule has 0 bridgehead atoms. The van der Waals surface area contributed by atoms with Crippen LogP contribution in [0.25, 0.3) is 10.9 Å². The second-order valence-electron chi connectivity index (χ2n) is 6.08. The molecule has 3 N–H and O–H groups in total. The first-order chi connectivity index (χ1) is 12.3. The molecular weight excluding hydrogens is 312 g/mol. The molecule has 0 spiro atoms. The van der Waals surface area contributed by atoms with E-state index in [2.05, 4.69) is 63.1 Å². The van der Waals surface area contributed by atoms with E-state index in [0.717, 1.165) is 38.6 Å². The zero-order valence-electron chi connectivity index (χ0n) is 14.9. The summed E-state index contributed by atoms with van der Waals surface area (Å²) in [4.78, 5) is 8.00. The Hall–Kier alpha value is -2.76. The smallest absolute Gasteiger partial charge is 0.191 e. The lowest BCUT2D eigenvalue weighted by Crippen LogP contribution is -2.39. The van der Waals surface area contributed by atoms with Crippen LogP contribution in [0.5, 0.6) is 0 Å². The molecule has 3 aromatic rings. The van der Waals surface area contributed by atoms with Gasteiger partial charge in [-0.2, -0.15) is 5.10 Å². The molecule has 0 amide bonds. The van der Waals surface area contributed by atoms with Gasteiger partial charge in [0, 0.05) is 42.9 Å². The van der Waals surface area contributed by atoms with Crippen LogP contribution in [0, 0.1) is 6.92 Å². The van der Waals surface area contributed by atoms with Gasteiger partial charge in [0.2, 0.25) is 0 Å². The summed E-state index contributed by atoms with van der Waals surface area (Å²) in [7, 11) is 0. The number of guanidine groups is 1. The second kappa shape index (κ2) is 8.37. The monoisotopic (exact) mass is 338 g/mol. The van der Waals surface area contributed by atoms with E-state index >= 15 is 0 Å². The van der Waals surface area contributed by atoms with Crippen molar-refractivity contribution in [3.8, 4) is 0 Å². The van der Waals surface area contributed by atoms with E-state index in [9.17, 15) is 0 Å². The summed E-state index contributed by atoms with van der Waals surface area (Å²) >= 11 is 0. The lowest BCUT2D eigenvalue weighted by molar-refractivity contribution is 0.597. The summed E-state index contributed by atoms with van der Waals surface area (Å²) in [5.41, 5.74) is 3.67. The third kappa shape index (κ3) is 4.62. The van der Waals surface area contributed by atoms with Gasteiger partial charge in [-0.15, -0.1) is 0 Å². The number of fused-ring (bicyclic) bond motifs is 1. The van der Waals surface area contributed by atoms with E-state index in [4.69, 9.17) is 0 Å². The number of hydrogen-bond acceptors (Lipinski definition) is 2. The Labute approximate surface area is 148 Å². The third-order valence-electron chi connectivity index (χ3n) is 4.07. The zero-order valence-corrected chi connectivity index (χ0v) is 14.9. The van der Waals surface area contributed by atoms with Crippen LogP contribution in [0.3, 0.4) is 0 Å². The first kappa shape index (κ1) is 17.1. The lowest BCUT2D eigenvalue weighted by Gasteiger charge is -2.11. The largest absolute Gasteiger partial charge is 0.361 e. The lowest BCUT2D eigenvalue weighted by atomic mass is 10.1. The molecule has 1 aromatic carbocycles. The Bertz CT molecular complexity index is 829. The van der Waals surface area contributed by atoms with Gasteiger partial charge >= 0.3 is 0 Å². The highest BCUT2D eigenvalue weighted by atomic mass is 15.3. The summed E-state index contributed by atoms with van der Waals surface area (Å²) in [5.74, 6) is 0.853. The second-order valence-corrected chi connectivity index (χ2v) is 6.08. The van der Waals surface area contributed by atoms with E-state index in [1.807, 2.05) is 24.0 Å². The molecule has 132 valence electrons. The van der Waals surface area contributed by atoms with Crippen molar-refractivity contribution < 1.29 is 0 Å². The SMILES string of the molecule is CCNC(=NCCc1c[nH]c2ccccc12)NCCn1cc(C)cn1. The van der Waals surface area contributed by atoms with Crippen LogP contribution >= 0.6 is 0 Å². The van der Waals surface area contributed by atoms with Crippen molar-refractivity contribution in [2.24, 2.45) is 4.99 Å². The number of benzene rings is 1. The Morgan fingerprint density at radius 3 is 2.96 bits per heavy atom. The first-order valence-electron chi connectivity index (χ1n) is 8.82. The minimum absolute atomic E-state index is 0.748. The van der Waals surface area contributed by atoms with Crippen LogP contribution in [-0.4, -0.2) is 40.4 Å². The maximum absolute atomic E-state index is 4.68. The number of H-pyrrole nitrogens is 1.